The van der Waals surface area contributed by atoms with Crippen LogP contribution < -0.4 is 5.73 Å². The predicted molar refractivity (Wildman–Crippen MR) is 89.7 cm³/mol. The van der Waals surface area contributed by atoms with Crippen molar-refractivity contribution in [3.05, 3.63) is 35.6 Å². The molecule has 3 unspecified atom stereocenters. The molecule has 0 amide bonds. The van der Waals surface area contributed by atoms with Crippen LogP contribution in [0.3, 0.4) is 0 Å². The van der Waals surface area contributed by atoms with Gasteiger partial charge >= 0.3 is 0 Å². The van der Waals surface area contributed by atoms with E-state index in [1.54, 1.807) is 18.2 Å². The number of benzene rings is 1. The van der Waals surface area contributed by atoms with E-state index in [4.69, 9.17) is 15.7 Å². The van der Waals surface area contributed by atoms with Crippen LogP contribution in [0.4, 0.5) is 4.39 Å². The molecule has 21 heavy (non-hydrogen) atoms. The molecule has 2 N–H and O–H groups in total. The van der Waals surface area contributed by atoms with Gasteiger partial charge in [-0.25, -0.2) is 4.39 Å². The fourth-order valence-electron chi connectivity index (χ4n) is 2.50. The zero-order chi connectivity index (χ0) is 15.9. The van der Waals surface area contributed by atoms with Crippen molar-refractivity contribution in [2.75, 3.05) is 25.6 Å². The van der Waals surface area contributed by atoms with Crippen molar-refractivity contribution in [1.82, 2.24) is 0 Å². The molecular weight excluding hydrogens is 306 g/mol. The van der Waals surface area contributed by atoms with Gasteiger partial charge in [0.1, 0.15) is 5.82 Å². The SMILES string of the molecule is CP.C[C@@](N)(c1ccccc1F)C1COCC1SCC#N. The molecule has 1 saturated heterocycles. The molecule has 6 heteroatoms. The summed E-state index contributed by atoms with van der Waals surface area (Å²) in [5.74, 6) is 0.115. The number of nitrogens with two attached hydrogens (primary N) is 1. The van der Waals surface area contributed by atoms with Crippen molar-refractivity contribution < 1.29 is 9.13 Å². The number of nitrogens with zero attached hydrogens (tertiary/aromatic N) is 1. The Morgan fingerprint density at radius 3 is 2.76 bits per heavy atom. The molecule has 1 aliphatic heterocycles. The van der Waals surface area contributed by atoms with E-state index in [2.05, 4.69) is 15.3 Å². The van der Waals surface area contributed by atoms with Crippen LogP contribution in [0.1, 0.15) is 12.5 Å². The van der Waals surface area contributed by atoms with Gasteiger partial charge in [0, 0.05) is 22.3 Å². The Morgan fingerprint density at radius 2 is 2.14 bits per heavy atom. The molecule has 2 rings (SSSR count). The summed E-state index contributed by atoms with van der Waals surface area (Å²) < 4.78 is 19.4. The minimum atomic E-state index is -0.797. The molecule has 0 aromatic heterocycles. The summed E-state index contributed by atoms with van der Waals surface area (Å²) in [4.78, 5) is 0. The number of halogens is 1. The monoisotopic (exact) mass is 328 g/mol. The molecule has 0 aliphatic carbocycles. The molecule has 1 aromatic rings. The van der Waals surface area contributed by atoms with Crippen LogP contribution in [-0.2, 0) is 10.3 Å². The van der Waals surface area contributed by atoms with Gasteiger partial charge in [0.15, 0.2) is 0 Å². The maximum Gasteiger partial charge on any atom is 0.128 e. The van der Waals surface area contributed by atoms with Crippen LogP contribution in [0.25, 0.3) is 0 Å². The molecule has 0 radical (unpaired) electrons. The topological polar surface area (TPSA) is 59.0 Å². The van der Waals surface area contributed by atoms with Gasteiger partial charge in [0.25, 0.3) is 0 Å². The van der Waals surface area contributed by atoms with Crippen LogP contribution in [0.2, 0.25) is 0 Å². The second-order valence-corrected chi connectivity index (χ2v) is 6.14. The third kappa shape index (κ3) is 4.40. The third-order valence-corrected chi connectivity index (χ3v) is 4.80. The fourth-order valence-corrected chi connectivity index (χ4v) is 3.57. The number of ether oxygens (including phenoxy) is 1. The molecule has 3 nitrogen and oxygen atoms in total. The minimum Gasteiger partial charge on any atom is -0.380 e. The molecule has 0 spiro atoms. The Labute approximate surface area is 132 Å². The lowest BCUT2D eigenvalue weighted by molar-refractivity contribution is 0.165. The Kier molecular flexibility index (Phi) is 7.62. The highest BCUT2D eigenvalue weighted by Gasteiger charge is 2.42. The highest BCUT2D eigenvalue weighted by atomic mass is 32.2. The second-order valence-electron chi connectivity index (χ2n) is 4.91. The van der Waals surface area contributed by atoms with Crippen LogP contribution >= 0.6 is 21.0 Å². The van der Waals surface area contributed by atoms with Gasteiger partial charge in [0.05, 0.1) is 25.0 Å². The summed E-state index contributed by atoms with van der Waals surface area (Å²) in [6, 6.07) is 8.70. The first kappa shape index (κ1) is 18.4. The normalized spacial score (nSPS) is 23.6. The first-order valence-electron chi connectivity index (χ1n) is 6.75. The van der Waals surface area contributed by atoms with Gasteiger partial charge in [0.2, 0.25) is 0 Å². The Balaban J connectivity index is 0.00000106. The van der Waals surface area contributed by atoms with E-state index >= 15 is 0 Å². The van der Waals surface area contributed by atoms with E-state index in [0.717, 1.165) is 0 Å². The second kappa shape index (κ2) is 8.70. The van der Waals surface area contributed by atoms with Crippen molar-refractivity contribution in [3.8, 4) is 6.07 Å². The molecule has 1 fully saturated rings. The smallest absolute Gasteiger partial charge is 0.128 e. The van der Waals surface area contributed by atoms with E-state index in [0.29, 0.717) is 24.5 Å². The quantitative estimate of drug-likeness (QED) is 0.864. The van der Waals surface area contributed by atoms with Crippen LogP contribution in [0.5, 0.6) is 0 Å². The zero-order valence-electron chi connectivity index (χ0n) is 12.4. The van der Waals surface area contributed by atoms with Gasteiger partial charge in [-0.1, -0.05) is 24.9 Å². The summed E-state index contributed by atoms with van der Waals surface area (Å²) in [6.45, 7) is 4.83. The average molecular weight is 328 g/mol. The standard InChI is InChI=1S/C14H17FN2OS.CH5P/c1-14(17,10-4-2-3-5-12(10)15)11-8-18-9-13(11)19-7-6-16;1-2/h2-5,11,13H,7-9,17H2,1H3;2H2,1H3/t11?,13?,14-;/m1./s1. The highest BCUT2D eigenvalue weighted by molar-refractivity contribution is 8.00. The molecule has 116 valence electrons. The molecule has 0 bridgehead atoms. The lowest BCUT2D eigenvalue weighted by atomic mass is 9.79. The lowest BCUT2D eigenvalue weighted by Gasteiger charge is -2.34. The summed E-state index contributed by atoms with van der Waals surface area (Å²) in [6.07, 6.45) is 0. The Hall–Kier alpha value is -0.660. The molecule has 1 aromatic carbocycles. The van der Waals surface area contributed by atoms with Crippen molar-refractivity contribution in [2.45, 2.75) is 17.7 Å². The van der Waals surface area contributed by atoms with E-state index < -0.39 is 5.54 Å². The van der Waals surface area contributed by atoms with Crippen molar-refractivity contribution in [3.63, 3.8) is 0 Å². The van der Waals surface area contributed by atoms with Gasteiger partial charge in [-0.15, -0.1) is 21.0 Å². The minimum absolute atomic E-state index is 0.00255. The van der Waals surface area contributed by atoms with Crippen LogP contribution in [0, 0.1) is 23.1 Å². The van der Waals surface area contributed by atoms with Crippen molar-refractivity contribution >= 4 is 21.0 Å². The first-order chi connectivity index (χ1) is 10.1. The number of hydrogen-bond acceptors (Lipinski definition) is 4. The lowest BCUT2D eigenvalue weighted by Crippen LogP contribution is -2.46. The van der Waals surface area contributed by atoms with E-state index in [1.165, 1.54) is 17.8 Å². The van der Waals surface area contributed by atoms with Crippen molar-refractivity contribution in [1.29, 1.82) is 5.26 Å². The van der Waals surface area contributed by atoms with E-state index in [1.807, 2.05) is 13.6 Å². The average Bonchev–Trinajstić information content (AvgIpc) is 2.96. The Bertz CT molecular complexity index is 493. The molecule has 0 saturated carbocycles. The molecule has 4 atom stereocenters. The van der Waals surface area contributed by atoms with Gasteiger partial charge in [-0.3, -0.25) is 0 Å². The molecular formula is C15H22FN2OPS. The molecule has 1 heterocycles. The van der Waals surface area contributed by atoms with E-state index in [9.17, 15) is 4.39 Å². The van der Waals surface area contributed by atoms with Gasteiger partial charge in [-0.05, 0) is 13.0 Å². The summed E-state index contributed by atoms with van der Waals surface area (Å²) in [5.41, 5.74) is 6.10. The summed E-state index contributed by atoms with van der Waals surface area (Å²) in [5, 5.41) is 8.81. The first-order valence-corrected chi connectivity index (χ1v) is 8.95. The molecule has 1 aliphatic rings. The number of thioether (sulfide) groups is 1. The van der Waals surface area contributed by atoms with Crippen LogP contribution in [0.15, 0.2) is 24.3 Å². The fraction of sp³-hybridized carbons (Fsp3) is 0.533. The van der Waals surface area contributed by atoms with Crippen molar-refractivity contribution in [2.24, 2.45) is 11.7 Å². The maximum atomic E-state index is 13.9. The van der Waals surface area contributed by atoms with Crippen LogP contribution in [-0.4, -0.2) is 30.9 Å². The number of hydrogen-bond donors (Lipinski definition) is 1. The number of rotatable bonds is 4. The van der Waals surface area contributed by atoms with Gasteiger partial charge in [-0.2, -0.15) is 5.26 Å². The summed E-state index contributed by atoms with van der Waals surface area (Å²) in [7, 11) is 2.42. The number of nitriles is 1. The van der Waals surface area contributed by atoms with Gasteiger partial charge < -0.3 is 10.5 Å². The largest absolute Gasteiger partial charge is 0.380 e. The Morgan fingerprint density at radius 1 is 1.48 bits per heavy atom. The maximum absolute atomic E-state index is 13.9. The third-order valence-electron chi connectivity index (χ3n) is 3.61. The van der Waals surface area contributed by atoms with E-state index in [-0.39, 0.29) is 17.0 Å². The summed E-state index contributed by atoms with van der Waals surface area (Å²) >= 11 is 1.53. The highest BCUT2D eigenvalue weighted by Crippen LogP contribution is 2.38. The zero-order valence-corrected chi connectivity index (χ0v) is 14.4. The predicted octanol–water partition coefficient (Wildman–Crippen LogP) is 2.76.